The first-order valence-corrected chi connectivity index (χ1v) is 7.04. The van der Waals surface area contributed by atoms with Gasteiger partial charge < -0.3 is 10.1 Å². The standard InChI is InChI=1S/C17H29NO/c1-16(2,3)13-17(4,5)18-11-14-7-9-15(10-8-14)12-19-6/h7-10,18H,11-13H2,1-6H3. The van der Waals surface area contributed by atoms with E-state index in [9.17, 15) is 0 Å². The number of nitrogens with one attached hydrogen (secondary N) is 1. The summed E-state index contributed by atoms with van der Waals surface area (Å²) in [7, 11) is 1.73. The second-order valence-electron chi connectivity index (χ2n) is 7.22. The van der Waals surface area contributed by atoms with Gasteiger partial charge in [-0.15, -0.1) is 0 Å². The maximum absolute atomic E-state index is 5.12. The zero-order chi connectivity index (χ0) is 14.5. The molecule has 0 unspecified atom stereocenters. The van der Waals surface area contributed by atoms with Crippen LogP contribution in [-0.2, 0) is 17.9 Å². The number of hydrogen-bond donors (Lipinski definition) is 1. The van der Waals surface area contributed by atoms with Crippen molar-refractivity contribution in [2.45, 2.75) is 59.7 Å². The fraction of sp³-hybridized carbons (Fsp3) is 0.647. The highest BCUT2D eigenvalue weighted by atomic mass is 16.5. The van der Waals surface area contributed by atoms with Crippen molar-refractivity contribution in [1.82, 2.24) is 5.32 Å². The topological polar surface area (TPSA) is 21.3 Å². The van der Waals surface area contributed by atoms with E-state index in [0.29, 0.717) is 12.0 Å². The lowest BCUT2D eigenvalue weighted by Gasteiger charge is -2.33. The van der Waals surface area contributed by atoms with Crippen LogP contribution >= 0.6 is 0 Å². The lowest BCUT2D eigenvalue weighted by atomic mass is 9.82. The van der Waals surface area contributed by atoms with Crippen molar-refractivity contribution in [3.8, 4) is 0 Å². The van der Waals surface area contributed by atoms with Crippen LogP contribution < -0.4 is 5.32 Å². The van der Waals surface area contributed by atoms with Crippen LogP contribution in [0.5, 0.6) is 0 Å². The molecule has 0 bridgehead atoms. The molecule has 108 valence electrons. The quantitative estimate of drug-likeness (QED) is 0.833. The Morgan fingerprint density at radius 2 is 1.47 bits per heavy atom. The molecule has 0 saturated carbocycles. The van der Waals surface area contributed by atoms with E-state index in [1.807, 2.05) is 0 Å². The molecule has 19 heavy (non-hydrogen) atoms. The Balaban J connectivity index is 2.51. The molecule has 0 aromatic heterocycles. The molecule has 0 saturated heterocycles. The first-order valence-electron chi connectivity index (χ1n) is 7.04. The Hall–Kier alpha value is -0.860. The van der Waals surface area contributed by atoms with Crippen LogP contribution in [0.4, 0.5) is 0 Å². The Labute approximate surface area is 118 Å². The van der Waals surface area contributed by atoms with Crippen LogP contribution in [0, 0.1) is 5.41 Å². The van der Waals surface area contributed by atoms with Gasteiger partial charge in [-0.2, -0.15) is 0 Å². The summed E-state index contributed by atoms with van der Waals surface area (Å²) in [5.41, 5.74) is 3.05. The smallest absolute Gasteiger partial charge is 0.0713 e. The predicted octanol–water partition coefficient (Wildman–Crippen LogP) is 4.14. The molecule has 1 N–H and O–H groups in total. The SMILES string of the molecule is COCc1ccc(CNC(C)(C)CC(C)(C)C)cc1. The minimum atomic E-state index is 0.156. The van der Waals surface area contributed by atoms with Gasteiger partial charge in [0.05, 0.1) is 6.61 Å². The molecule has 0 heterocycles. The fourth-order valence-electron chi connectivity index (χ4n) is 2.65. The van der Waals surface area contributed by atoms with Crippen molar-refractivity contribution < 1.29 is 4.74 Å². The third kappa shape index (κ3) is 6.74. The van der Waals surface area contributed by atoms with Gasteiger partial charge in [0.2, 0.25) is 0 Å². The van der Waals surface area contributed by atoms with E-state index in [4.69, 9.17) is 4.74 Å². The van der Waals surface area contributed by atoms with Crippen molar-refractivity contribution in [3.63, 3.8) is 0 Å². The molecule has 1 aromatic rings. The molecule has 0 atom stereocenters. The molecule has 1 aromatic carbocycles. The molecule has 1 rings (SSSR count). The summed E-state index contributed by atoms with van der Waals surface area (Å²) in [5, 5.41) is 3.65. The Bertz CT molecular complexity index is 373. The van der Waals surface area contributed by atoms with Crippen molar-refractivity contribution in [1.29, 1.82) is 0 Å². The highest BCUT2D eigenvalue weighted by Crippen LogP contribution is 2.27. The largest absolute Gasteiger partial charge is 0.380 e. The lowest BCUT2D eigenvalue weighted by molar-refractivity contribution is 0.185. The summed E-state index contributed by atoms with van der Waals surface area (Å²) in [4.78, 5) is 0. The molecule has 0 spiro atoms. The minimum Gasteiger partial charge on any atom is -0.380 e. The molecule has 2 heteroatoms. The van der Waals surface area contributed by atoms with Crippen molar-refractivity contribution in [3.05, 3.63) is 35.4 Å². The number of rotatable bonds is 6. The molecule has 2 nitrogen and oxygen atoms in total. The van der Waals surface area contributed by atoms with Gasteiger partial charge in [0.25, 0.3) is 0 Å². The normalized spacial score (nSPS) is 12.7. The highest BCUT2D eigenvalue weighted by molar-refractivity contribution is 5.22. The van der Waals surface area contributed by atoms with Crippen LogP contribution in [0.25, 0.3) is 0 Å². The lowest BCUT2D eigenvalue weighted by Crippen LogP contribution is -2.41. The van der Waals surface area contributed by atoms with E-state index in [2.05, 4.69) is 64.2 Å². The number of ether oxygens (including phenoxy) is 1. The number of benzene rings is 1. The van der Waals surface area contributed by atoms with E-state index in [-0.39, 0.29) is 5.54 Å². The van der Waals surface area contributed by atoms with Crippen LogP contribution in [0.2, 0.25) is 0 Å². The minimum absolute atomic E-state index is 0.156. The van der Waals surface area contributed by atoms with Gasteiger partial charge in [-0.1, -0.05) is 45.0 Å². The van der Waals surface area contributed by atoms with Gasteiger partial charge >= 0.3 is 0 Å². The van der Waals surface area contributed by atoms with Crippen molar-refractivity contribution >= 4 is 0 Å². The van der Waals surface area contributed by atoms with Gasteiger partial charge in [0, 0.05) is 19.2 Å². The zero-order valence-electron chi connectivity index (χ0n) is 13.3. The Morgan fingerprint density at radius 3 is 1.95 bits per heavy atom. The fourth-order valence-corrected chi connectivity index (χ4v) is 2.65. The third-order valence-electron chi connectivity index (χ3n) is 3.08. The molecule has 0 radical (unpaired) electrons. The van der Waals surface area contributed by atoms with Crippen LogP contribution in [0.15, 0.2) is 24.3 Å². The van der Waals surface area contributed by atoms with Crippen LogP contribution in [-0.4, -0.2) is 12.6 Å². The van der Waals surface area contributed by atoms with Crippen LogP contribution in [0.1, 0.15) is 52.2 Å². The van der Waals surface area contributed by atoms with Crippen LogP contribution in [0.3, 0.4) is 0 Å². The summed E-state index contributed by atoms with van der Waals surface area (Å²) in [6, 6.07) is 8.62. The van der Waals surface area contributed by atoms with E-state index >= 15 is 0 Å². The zero-order valence-corrected chi connectivity index (χ0v) is 13.3. The number of hydrogen-bond acceptors (Lipinski definition) is 2. The van der Waals surface area contributed by atoms with E-state index in [0.717, 1.165) is 13.0 Å². The van der Waals surface area contributed by atoms with Crippen molar-refractivity contribution in [2.75, 3.05) is 7.11 Å². The maximum Gasteiger partial charge on any atom is 0.0713 e. The second-order valence-corrected chi connectivity index (χ2v) is 7.22. The highest BCUT2D eigenvalue weighted by Gasteiger charge is 2.24. The molecule has 0 fully saturated rings. The van der Waals surface area contributed by atoms with E-state index in [1.165, 1.54) is 11.1 Å². The average Bonchev–Trinajstić information content (AvgIpc) is 2.25. The summed E-state index contributed by atoms with van der Waals surface area (Å²) < 4.78 is 5.12. The molecular weight excluding hydrogens is 234 g/mol. The summed E-state index contributed by atoms with van der Waals surface area (Å²) >= 11 is 0. The molecule has 0 amide bonds. The Kier molecular flexibility index (Phi) is 5.57. The number of methoxy groups -OCH3 is 1. The first kappa shape index (κ1) is 16.2. The Morgan fingerprint density at radius 1 is 0.947 bits per heavy atom. The van der Waals surface area contributed by atoms with Gasteiger partial charge in [0.1, 0.15) is 0 Å². The maximum atomic E-state index is 5.12. The summed E-state index contributed by atoms with van der Waals surface area (Å²) in [5.74, 6) is 0. The van der Waals surface area contributed by atoms with Gasteiger partial charge in [-0.25, -0.2) is 0 Å². The van der Waals surface area contributed by atoms with Gasteiger partial charge in [0.15, 0.2) is 0 Å². The summed E-state index contributed by atoms with van der Waals surface area (Å²) in [6.07, 6.45) is 1.15. The predicted molar refractivity (Wildman–Crippen MR) is 82.1 cm³/mol. The first-order chi connectivity index (χ1) is 8.72. The van der Waals surface area contributed by atoms with E-state index in [1.54, 1.807) is 7.11 Å². The second kappa shape index (κ2) is 6.53. The molecular formula is C17H29NO. The van der Waals surface area contributed by atoms with Gasteiger partial charge in [-0.3, -0.25) is 0 Å². The summed E-state index contributed by atoms with van der Waals surface area (Å²) in [6.45, 7) is 13.0. The third-order valence-corrected chi connectivity index (χ3v) is 3.08. The molecule has 0 aliphatic heterocycles. The molecule has 0 aliphatic carbocycles. The average molecular weight is 263 g/mol. The van der Waals surface area contributed by atoms with Gasteiger partial charge in [-0.05, 0) is 36.8 Å². The molecule has 0 aliphatic rings. The van der Waals surface area contributed by atoms with Crippen molar-refractivity contribution in [2.24, 2.45) is 5.41 Å². The monoisotopic (exact) mass is 263 g/mol. The van der Waals surface area contributed by atoms with E-state index < -0.39 is 0 Å².